The average Bonchev–Trinajstić information content (AvgIpc) is 3.30. The summed E-state index contributed by atoms with van der Waals surface area (Å²) in [6.45, 7) is 4.95. The molecule has 7 nitrogen and oxygen atoms in total. The number of piperidine rings is 1. The van der Waals surface area contributed by atoms with Crippen LogP contribution in [-0.4, -0.2) is 45.5 Å². The third-order valence-electron chi connectivity index (χ3n) is 4.85. The molecule has 0 radical (unpaired) electrons. The van der Waals surface area contributed by atoms with Gasteiger partial charge >= 0.3 is 0 Å². The Balaban J connectivity index is 1.67. The molecule has 1 saturated heterocycles. The lowest BCUT2D eigenvalue weighted by Gasteiger charge is -2.40. The van der Waals surface area contributed by atoms with Crippen LogP contribution in [0, 0.1) is 17.3 Å². The second-order valence-electron chi connectivity index (χ2n) is 7.47. The fourth-order valence-corrected chi connectivity index (χ4v) is 2.97. The number of hydrogen-bond donors (Lipinski definition) is 2. The Morgan fingerprint density at radius 1 is 1.32 bits per heavy atom. The maximum absolute atomic E-state index is 12.4. The second-order valence-corrected chi connectivity index (χ2v) is 7.47. The lowest BCUT2D eigenvalue weighted by atomic mass is 9.90. The van der Waals surface area contributed by atoms with Crippen LogP contribution in [0.2, 0.25) is 0 Å². The van der Waals surface area contributed by atoms with E-state index in [1.807, 2.05) is 6.92 Å². The molecule has 1 atom stereocenters. The van der Waals surface area contributed by atoms with Gasteiger partial charge in [0.15, 0.2) is 0 Å². The van der Waals surface area contributed by atoms with Gasteiger partial charge in [0.05, 0.1) is 11.7 Å². The zero-order valence-electron chi connectivity index (χ0n) is 14.5. The average molecular weight is 342 g/mol. The number of aromatic nitrogens is 2. The van der Waals surface area contributed by atoms with Crippen LogP contribution in [0.25, 0.3) is 0 Å². The predicted molar refractivity (Wildman–Crippen MR) is 91.7 cm³/mol. The zero-order valence-corrected chi connectivity index (χ0v) is 14.5. The summed E-state index contributed by atoms with van der Waals surface area (Å²) < 4.78 is 0. The summed E-state index contributed by atoms with van der Waals surface area (Å²) in [5.74, 6) is 5.14. The fourth-order valence-electron chi connectivity index (χ4n) is 2.97. The molecule has 2 amide bonds. The van der Waals surface area contributed by atoms with E-state index in [0.717, 1.165) is 31.9 Å². The molecule has 132 valence electrons. The first-order valence-corrected chi connectivity index (χ1v) is 8.48. The molecule has 1 aromatic heterocycles. The van der Waals surface area contributed by atoms with E-state index in [1.165, 1.54) is 6.20 Å². The number of H-pyrrole nitrogens is 1. The standard InChI is InChI=1S/C18H22N4O3/c1-17(7-8-17)6-4-15(24)22-9-3-5-18(2,12-22)21-16(25)13-10-19-20-11-14(13)23/h10-11H,3,5,7-9,12H2,1-2H3,(H,19,23)(H,21,25). The van der Waals surface area contributed by atoms with Crippen molar-refractivity contribution in [3.05, 3.63) is 28.2 Å². The molecule has 7 heteroatoms. The summed E-state index contributed by atoms with van der Waals surface area (Å²) >= 11 is 0. The summed E-state index contributed by atoms with van der Waals surface area (Å²) in [5.41, 5.74) is -1.01. The highest BCUT2D eigenvalue weighted by Gasteiger charge is 2.37. The van der Waals surface area contributed by atoms with Crippen LogP contribution in [0.3, 0.4) is 0 Å². The van der Waals surface area contributed by atoms with E-state index in [2.05, 4.69) is 34.3 Å². The van der Waals surface area contributed by atoms with Gasteiger partial charge in [-0.3, -0.25) is 19.5 Å². The van der Waals surface area contributed by atoms with E-state index < -0.39 is 16.9 Å². The van der Waals surface area contributed by atoms with Gasteiger partial charge in [0.25, 0.3) is 11.8 Å². The van der Waals surface area contributed by atoms with Crippen LogP contribution in [0.4, 0.5) is 0 Å². The molecule has 1 aliphatic carbocycles. The van der Waals surface area contributed by atoms with Gasteiger partial charge in [0, 0.05) is 24.7 Å². The maximum Gasteiger partial charge on any atom is 0.298 e. The first-order chi connectivity index (χ1) is 11.8. The number of likely N-dealkylation sites (tertiary alicyclic amines) is 1. The van der Waals surface area contributed by atoms with Crippen molar-refractivity contribution in [3.8, 4) is 11.8 Å². The molecule has 1 saturated carbocycles. The van der Waals surface area contributed by atoms with E-state index in [9.17, 15) is 14.4 Å². The minimum Gasteiger partial charge on any atom is -0.345 e. The molecule has 2 heterocycles. The van der Waals surface area contributed by atoms with Gasteiger partial charge in [-0.05, 0) is 45.5 Å². The predicted octanol–water partition coefficient (Wildman–Crippen LogP) is 0.684. The van der Waals surface area contributed by atoms with Crippen LogP contribution >= 0.6 is 0 Å². The van der Waals surface area contributed by atoms with Crippen molar-refractivity contribution < 1.29 is 9.59 Å². The fraction of sp³-hybridized carbons (Fsp3) is 0.556. The molecule has 3 rings (SSSR count). The third-order valence-corrected chi connectivity index (χ3v) is 4.85. The minimum absolute atomic E-state index is 0.00530. The second kappa shape index (κ2) is 6.36. The number of rotatable bonds is 2. The van der Waals surface area contributed by atoms with Crippen LogP contribution < -0.4 is 10.7 Å². The van der Waals surface area contributed by atoms with Crippen LogP contribution in [-0.2, 0) is 4.79 Å². The Bertz CT molecular complexity index is 815. The number of nitrogens with zero attached hydrogens (tertiary/aromatic N) is 2. The Labute approximate surface area is 146 Å². The van der Waals surface area contributed by atoms with Crippen molar-refractivity contribution in [2.75, 3.05) is 13.1 Å². The first kappa shape index (κ1) is 17.2. The molecule has 1 aromatic rings. The normalized spacial score (nSPS) is 24.0. The molecular formula is C18H22N4O3. The van der Waals surface area contributed by atoms with E-state index in [-0.39, 0.29) is 16.9 Å². The topological polar surface area (TPSA) is 95.2 Å². The zero-order chi connectivity index (χ0) is 18.1. The van der Waals surface area contributed by atoms with E-state index in [0.29, 0.717) is 13.1 Å². The van der Waals surface area contributed by atoms with E-state index in [1.54, 1.807) is 4.90 Å². The van der Waals surface area contributed by atoms with Crippen LogP contribution in [0.5, 0.6) is 0 Å². The Hall–Kier alpha value is -2.62. The van der Waals surface area contributed by atoms with E-state index >= 15 is 0 Å². The van der Waals surface area contributed by atoms with Crippen molar-refractivity contribution in [1.29, 1.82) is 0 Å². The molecule has 0 aromatic carbocycles. The van der Waals surface area contributed by atoms with Crippen LogP contribution in [0.1, 0.15) is 49.9 Å². The minimum atomic E-state index is -0.591. The summed E-state index contributed by atoms with van der Waals surface area (Å²) in [7, 11) is 0. The van der Waals surface area contributed by atoms with Crippen LogP contribution in [0.15, 0.2) is 17.2 Å². The molecular weight excluding hydrogens is 320 g/mol. The van der Waals surface area contributed by atoms with Gasteiger partial charge < -0.3 is 10.2 Å². The number of amides is 2. The number of nitrogens with one attached hydrogen (secondary N) is 2. The van der Waals surface area contributed by atoms with Gasteiger partial charge in [-0.1, -0.05) is 5.92 Å². The Kier molecular flexibility index (Phi) is 4.38. The quantitative estimate of drug-likeness (QED) is 0.773. The van der Waals surface area contributed by atoms with Gasteiger partial charge in [0.2, 0.25) is 5.43 Å². The van der Waals surface area contributed by atoms with Crippen molar-refractivity contribution in [2.45, 2.75) is 45.1 Å². The van der Waals surface area contributed by atoms with Gasteiger partial charge in [-0.25, -0.2) is 0 Å². The molecule has 0 spiro atoms. The van der Waals surface area contributed by atoms with E-state index in [4.69, 9.17) is 0 Å². The number of carbonyl (C=O) groups excluding carboxylic acids is 2. The molecule has 2 fully saturated rings. The smallest absolute Gasteiger partial charge is 0.298 e. The summed E-state index contributed by atoms with van der Waals surface area (Å²) in [4.78, 5) is 38.2. The summed E-state index contributed by atoms with van der Waals surface area (Å²) in [6, 6.07) is 0. The first-order valence-electron chi connectivity index (χ1n) is 8.48. The van der Waals surface area contributed by atoms with Crippen molar-refractivity contribution in [2.24, 2.45) is 5.41 Å². The van der Waals surface area contributed by atoms with Gasteiger partial charge in [0.1, 0.15) is 5.56 Å². The monoisotopic (exact) mass is 342 g/mol. The number of hydrogen-bond acceptors (Lipinski definition) is 4. The van der Waals surface area contributed by atoms with Crippen molar-refractivity contribution in [1.82, 2.24) is 20.4 Å². The summed E-state index contributed by atoms with van der Waals surface area (Å²) in [5, 5.41) is 8.98. The highest BCUT2D eigenvalue weighted by atomic mass is 16.2. The maximum atomic E-state index is 12.4. The highest BCUT2D eigenvalue weighted by molar-refractivity contribution is 5.95. The lowest BCUT2D eigenvalue weighted by Crippen LogP contribution is -2.58. The summed E-state index contributed by atoms with van der Waals surface area (Å²) in [6.07, 6.45) is 5.95. The lowest BCUT2D eigenvalue weighted by molar-refractivity contribution is -0.127. The largest absolute Gasteiger partial charge is 0.345 e. The van der Waals surface area contributed by atoms with Crippen molar-refractivity contribution >= 4 is 11.8 Å². The molecule has 25 heavy (non-hydrogen) atoms. The highest BCUT2D eigenvalue weighted by Crippen LogP contribution is 2.44. The third kappa shape index (κ3) is 4.08. The number of carbonyl (C=O) groups is 2. The van der Waals surface area contributed by atoms with Gasteiger partial charge in [-0.15, -0.1) is 0 Å². The molecule has 1 unspecified atom stereocenters. The molecule has 2 N–H and O–H groups in total. The SMILES string of the molecule is CC1(C#CC(=O)N2CCCC(C)(NC(=O)c3c[nH]ncc3=O)C2)CC1. The van der Waals surface area contributed by atoms with Gasteiger partial charge in [-0.2, -0.15) is 5.10 Å². The Morgan fingerprint density at radius 3 is 2.76 bits per heavy atom. The van der Waals surface area contributed by atoms with Crippen molar-refractivity contribution in [3.63, 3.8) is 0 Å². The molecule has 0 bridgehead atoms. The number of aromatic amines is 1. The molecule has 2 aliphatic rings. The Morgan fingerprint density at radius 2 is 2.08 bits per heavy atom. The molecule has 1 aliphatic heterocycles.